The monoisotopic (exact) mass is 226 g/mol. The van der Waals surface area contributed by atoms with Crippen LogP contribution < -0.4 is 0 Å². The molecule has 0 amide bonds. The Hall–Kier alpha value is -1.21. The predicted octanol–water partition coefficient (Wildman–Crippen LogP) is 4.31. The van der Waals surface area contributed by atoms with Gasteiger partial charge in [-0.05, 0) is 29.4 Å². The molecule has 1 aliphatic heterocycles. The molecule has 1 aliphatic rings. The van der Waals surface area contributed by atoms with Crippen LogP contribution in [0.25, 0.3) is 0 Å². The van der Waals surface area contributed by atoms with Gasteiger partial charge in [-0.2, -0.15) is 0 Å². The van der Waals surface area contributed by atoms with E-state index in [2.05, 4.69) is 54.6 Å². The summed E-state index contributed by atoms with van der Waals surface area (Å²) in [5, 5.41) is 0. The van der Waals surface area contributed by atoms with Crippen molar-refractivity contribution in [2.75, 3.05) is 5.75 Å². The zero-order chi connectivity index (χ0) is 10.8. The van der Waals surface area contributed by atoms with Crippen LogP contribution in [0, 0.1) is 0 Å². The van der Waals surface area contributed by atoms with E-state index >= 15 is 0 Å². The van der Waals surface area contributed by atoms with Crippen molar-refractivity contribution in [2.45, 2.75) is 17.2 Å². The lowest BCUT2D eigenvalue weighted by Crippen LogP contribution is -2.08. The summed E-state index contributed by atoms with van der Waals surface area (Å²) < 4.78 is 0. The predicted molar refractivity (Wildman–Crippen MR) is 70.1 cm³/mol. The molecular formula is C15H14S. The molecule has 0 nitrogen and oxygen atoms in total. The minimum absolute atomic E-state index is 0.596. The molecule has 16 heavy (non-hydrogen) atoms. The molecule has 0 radical (unpaired) electrons. The molecule has 0 saturated heterocycles. The van der Waals surface area contributed by atoms with Crippen LogP contribution >= 0.6 is 11.8 Å². The highest BCUT2D eigenvalue weighted by Gasteiger charge is 2.21. The molecule has 0 N–H and O–H groups in total. The lowest BCUT2D eigenvalue weighted by molar-refractivity contribution is 0.755. The van der Waals surface area contributed by atoms with Crippen molar-refractivity contribution in [3.63, 3.8) is 0 Å². The molecule has 0 aromatic heterocycles. The largest absolute Gasteiger partial charge is 0.126 e. The van der Waals surface area contributed by atoms with Gasteiger partial charge < -0.3 is 0 Å². The summed E-state index contributed by atoms with van der Waals surface area (Å²) in [6.07, 6.45) is 1.26. The van der Waals surface area contributed by atoms with Gasteiger partial charge in [0.15, 0.2) is 0 Å². The molecule has 1 heteroatoms. The van der Waals surface area contributed by atoms with E-state index < -0.39 is 0 Å². The van der Waals surface area contributed by atoms with Crippen molar-refractivity contribution in [1.82, 2.24) is 0 Å². The first kappa shape index (κ1) is 9.98. The van der Waals surface area contributed by atoms with E-state index in [1.54, 1.807) is 0 Å². The van der Waals surface area contributed by atoms with Crippen LogP contribution in [0.3, 0.4) is 0 Å². The number of fused-ring (bicyclic) bond motifs is 1. The summed E-state index contributed by atoms with van der Waals surface area (Å²) >= 11 is 1.99. The topological polar surface area (TPSA) is 0 Å². The van der Waals surface area contributed by atoms with Gasteiger partial charge in [-0.3, -0.25) is 0 Å². The zero-order valence-corrected chi connectivity index (χ0v) is 9.91. The van der Waals surface area contributed by atoms with E-state index in [0.717, 1.165) is 0 Å². The third-order valence-electron chi connectivity index (χ3n) is 3.16. The Kier molecular flexibility index (Phi) is 2.71. The zero-order valence-electron chi connectivity index (χ0n) is 9.10. The minimum atomic E-state index is 0.596. The van der Waals surface area contributed by atoms with Crippen molar-refractivity contribution < 1.29 is 0 Å². The molecule has 0 spiro atoms. The molecule has 1 unspecified atom stereocenters. The van der Waals surface area contributed by atoms with Gasteiger partial charge >= 0.3 is 0 Å². The van der Waals surface area contributed by atoms with Crippen LogP contribution in [0.1, 0.15) is 23.5 Å². The molecular weight excluding hydrogens is 212 g/mol. The highest BCUT2D eigenvalue weighted by Crippen LogP contribution is 2.40. The second-order valence-electron chi connectivity index (χ2n) is 4.14. The minimum Gasteiger partial charge on any atom is -0.126 e. The number of rotatable bonds is 1. The quantitative estimate of drug-likeness (QED) is 0.698. The summed E-state index contributed by atoms with van der Waals surface area (Å²) in [5.74, 6) is 1.83. The fourth-order valence-corrected chi connectivity index (χ4v) is 3.50. The van der Waals surface area contributed by atoms with Gasteiger partial charge in [-0.1, -0.05) is 48.5 Å². The second kappa shape index (κ2) is 4.34. The maximum atomic E-state index is 2.28. The van der Waals surface area contributed by atoms with Crippen molar-refractivity contribution >= 4 is 11.8 Å². The van der Waals surface area contributed by atoms with Gasteiger partial charge in [-0.25, -0.2) is 0 Å². The average Bonchev–Trinajstić information content (AvgIpc) is 2.39. The average molecular weight is 226 g/mol. The van der Waals surface area contributed by atoms with Gasteiger partial charge in [0.05, 0.1) is 0 Å². The Morgan fingerprint density at radius 2 is 1.62 bits per heavy atom. The van der Waals surface area contributed by atoms with E-state index in [9.17, 15) is 0 Å². The summed E-state index contributed by atoms with van der Waals surface area (Å²) in [5.41, 5.74) is 2.96. The van der Waals surface area contributed by atoms with Crippen LogP contribution in [0.4, 0.5) is 0 Å². The summed E-state index contributed by atoms with van der Waals surface area (Å²) in [4.78, 5) is 1.46. The second-order valence-corrected chi connectivity index (χ2v) is 5.27. The van der Waals surface area contributed by atoms with Gasteiger partial charge in [0, 0.05) is 10.8 Å². The SMILES string of the molecule is c1ccc(C2CCSc3ccccc32)cc1. The fraction of sp³-hybridized carbons (Fsp3) is 0.200. The van der Waals surface area contributed by atoms with Crippen LogP contribution in [0.15, 0.2) is 59.5 Å². The summed E-state index contributed by atoms with van der Waals surface area (Å²) in [6, 6.07) is 19.7. The molecule has 1 atom stereocenters. The molecule has 0 saturated carbocycles. The lowest BCUT2D eigenvalue weighted by atomic mass is 9.89. The van der Waals surface area contributed by atoms with E-state index in [-0.39, 0.29) is 0 Å². The number of thioether (sulfide) groups is 1. The van der Waals surface area contributed by atoms with Crippen molar-refractivity contribution in [2.24, 2.45) is 0 Å². The van der Waals surface area contributed by atoms with Gasteiger partial charge in [0.25, 0.3) is 0 Å². The highest BCUT2D eigenvalue weighted by molar-refractivity contribution is 7.99. The standard InChI is InChI=1S/C15H14S/c1-2-6-12(7-3-1)13-10-11-16-15-9-5-4-8-14(13)15/h1-9,13H,10-11H2. The third kappa shape index (κ3) is 1.76. The molecule has 0 fully saturated rings. The molecule has 2 aromatic carbocycles. The Labute approximate surface area is 101 Å². The van der Waals surface area contributed by atoms with Gasteiger partial charge in [-0.15, -0.1) is 11.8 Å². The normalized spacial score (nSPS) is 19.1. The van der Waals surface area contributed by atoms with E-state index in [1.165, 1.54) is 28.2 Å². The van der Waals surface area contributed by atoms with E-state index in [0.29, 0.717) is 5.92 Å². The maximum Gasteiger partial charge on any atom is 0.0110 e. The van der Waals surface area contributed by atoms with Gasteiger partial charge in [0.1, 0.15) is 0 Å². The van der Waals surface area contributed by atoms with Crippen LogP contribution in [-0.2, 0) is 0 Å². The van der Waals surface area contributed by atoms with Crippen LogP contribution in [0.2, 0.25) is 0 Å². The summed E-state index contributed by atoms with van der Waals surface area (Å²) in [6.45, 7) is 0. The molecule has 3 rings (SSSR count). The molecule has 0 bridgehead atoms. The van der Waals surface area contributed by atoms with Crippen LogP contribution in [0.5, 0.6) is 0 Å². The Morgan fingerprint density at radius 3 is 2.50 bits per heavy atom. The number of hydrogen-bond acceptors (Lipinski definition) is 1. The van der Waals surface area contributed by atoms with Gasteiger partial charge in [0.2, 0.25) is 0 Å². The Morgan fingerprint density at radius 1 is 0.875 bits per heavy atom. The van der Waals surface area contributed by atoms with E-state index in [4.69, 9.17) is 0 Å². The van der Waals surface area contributed by atoms with Crippen molar-refractivity contribution in [3.8, 4) is 0 Å². The number of benzene rings is 2. The smallest absolute Gasteiger partial charge is 0.0110 e. The first-order valence-electron chi connectivity index (χ1n) is 5.72. The molecule has 80 valence electrons. The van der Waals surface area contributed by atoms with Crippen molar-refractivity contribution in [1.29, 1.82) is 0 Å². The first-order valence-corrected chi connectivity index (χ1v) is 6.70. The molecule has 0 aliphatic carbocycles. The van der Waals surface area contributed by atoms with Crippen LogP contribution in [-0.4, -0.2) is 5.75 Å². The fourth-order valence-electron chi connectivity index (χ4n) is 2.37. The summed E-state index contributed by atoms with van der Waals surface area (Å²) in [7, 11) is 0. The highest BCUT2D eigenvalue weighted by atomic mass is 32.2. The molecule has 1 heterocycles. The third-order valence-corrected chi connectivity index (χ3v) is 4.28. The van der Waals surface area contributed by atoms with Crippen molar-refractivity contribution in [3.05, 3.63) is 65.7 Å². The van der Waals surface area contributed by atoms with E-state index in [1.807, 2.05) is 11.8 Å². The molecule has 2 aromatic rings. The maximum absolute atomic E-state index is 2.28. The lowest BCUT2D eigenvalue weighted by Gasteiger charge is -2.25. The Balaban J connectivity index is 2.05. The Bertz CT molecular complexity index is 476. The first-order chi connectivity index (χ1) is 7.95. The number of hydrogen-bond donors (Lipinski definition) is 0.